The first-order chi connectivity index (χ1) is 13.0. The molecule has 8 nitrogen and oxygen atoms in total. The molecule has 0 spiro atoms. The minimum Gasteiger partial charge on any atom is -0.337 e. The summed E-state index contributed by atoms with van der Waals surface area (Å²) in [7, 11) is -5.68. The van der Waals surface area contributed by atoms with E-state index in [1.54, 1.807) is 36.7 Å². The van der Waals surface area contributed by atoms with Gasteiger partial charge in [-0.2, -0.15) is 8.61 Å². The number of benzene rings is 1. The molecule has 0 N–H and O–H groups in total. The quantitative estimate of drug-likeness (QED) is 0.737. The van der Waals surface area contributed by atoms with Crippen molar-refractivity contribution < 1.29 is 16.8 Å². The molecular weight excluding hydrogens is 400 g/mol. The summed E-state index contributed by atoms with van der Waals surface area (Å²) in [6, 6.07) is 5.06. The normalized spacial score (nSPS) is 17.6. The van der Waals surface area contributed by atoms with Gasteiger partial charge in [0.05, 0.1) is 4.90 Å². The van der Waals surface area contributed by atoms with Gasteiger partial charge in [-0.15, -0.1) is 0 Å². The fourth-order valence-corrected chi connectivity index (χ4v) is 6.21. The minimum absolute atomic E-state index is 0.00188. The van der Waals surface area contributed by atoms with Crippen LogP contribution in [-0.4, -0.2) is 61.2 Å². The Hall–Kier alpha value is -1.75. The lowest BCUT2D eigenvalue weighted by atomic mass is 10.1. The van der Waals surface area contributed by atoms with Gasteiger partial charge in [0.15, 0.2) is 5.03 Å². The fourth-order valence-electron chi connectivity index (χ4n) is 3.16. The van der Waals surface area contributed by atoms with Crippen LogP contribution in [-0.2, 0) is 27.1 Å². The Kier molecular flexibility index (Phi) is 5.68. The smallest absolute Gasteiger partial charge is 0.262 e. The Bertz CT molecular complexity index is 1070. The van der Waals surface area contributed by atoms with Crippen molar-refractivity contribution in [3.63, 3.8) is 0 Å². The van der Waals surface area contributed by atoms with Gasteiger partial charge in [-0.05, 0) is 50.5 Å². The average molecular weight is 427 g/mol. The van der Waals surface area contributed by atoms with Gasteiger partial charge >= 0.3 is 0 Å². The van der Waals surface area contributed by atoms with Crippen molar-refractivity contribution in [2.45, 2.75) is 37.1 Å². The van der Waals surface area contributed by atoms with Crippen LogP contribution < -0.4 is 0 Å². The second-order valence-corrected chi connectivity index (χ2v) is 11.0. The predicted octanol–water partition coefficient (Wildman–Crippen LogP) is 1.43. The summed E-state index contributed by atoms with van der Waals surface area (Å²) in [4.78, 5) is 4.37. The first-order valence-electron chi connectivity index (χ1n) is 9.11. The molecule has 1 fully saturated rings. The first-order valence-corrected chi connectivity index (χ1v) is 12.0. The van der Waals surface area contributed by atoms with Crippen LogP contribution >= 0.6 is 0 Å². The highest BCUT2D eigenvalue weighted by molar-refractivity contribution is 7.89. The molecule has 0 saturated carbocycles. The van der Waals surface area contributed by atoms with Crippen LogP contribution in [0.25, 0.3) is 0 Å². The maximum Gasteiger partial charge on any atom is 0.262 e. The zero-order chi connectivity index (χ0) is 20.7. The summed E-state index contributed by atoms with van der Waals surface area (Å²) in [5, 5.41) is -0.00188. The molecule has 1 saturated heterocycles. The van der Waals surface area contributed by atoms with Gasteiger partial charge in [-0.25, -0.2) is 21.8 Å². The maximum atomic E-state index is 13.0. The molecule has 1 aliphatic rings. The van der Waals surface area contributed by atoms with Crippen LogP contribution in [0.3, 0.4) is 0 Å². The van der Waals surface area contributed by atoms with Gasteiger partial charge in [0.25, 0.3) is 10.0 Å². The molecule has 0 bridgehead atoms. The van der Waals surface area contributed by atoms with E-state index in [-0.39, 0.29) is 36.1 Å². The molecule has 0 unspecified atom stereocenters. The zero-order valence-corrected chi connectivity index (χ0v) is 18.2. The molecule has 154 valence electrons. The largest absolute Gasteiger partial charge is 0.337 e. The van der Waals surface area contributed by atoms with Gasteiger partial charge in [0, 0.05) is 39.4 Å². The molecule has 2 heterocycles. The molecule has 2 aromatic rings. The van der Waals surface area contributed by atoms with Crippen LogP contribution in [0.4, 0.5) is 0 Å². The van der Waals surface area contributed by atoms with Crippen molar-refractivity contribution in [3.05, 3.63) is 41.3 Å². The van der Waals surface area contributed by atoms with Gasteiger partial charge in [-0.1, -0.05) is 6.07 Å². The van der Waals surface area contributed by atoms with E-state index in [0.717, 1.165) is 11.1 Å². The van der Waals surface area contributed by atoms with E-state index in [4.69, 9.17) is 0 Å². The molecule has 0 radical (unpaired) electrons. The summed E-state index contributed by atoms with van der Waals surface area (Å²) in [5.74, 6) is 0.604. The highest BCUT2D eigenvalue weighted by Crippen LogP contribution is 2.22. The van der Waals surface area contributed by atoms with Crippen molar-refractivity contribution in [3.8, 4) is 0 Å². The van der Waals surface area contributed by atoms with E-state index in [9.17, 15) is 16.8 Å². The van der Waals surface area contributed by atoms with Crippen LogP contribution in [0.15, 0.2) is 34.3 Å². The lowest BCUT2D eigenvalue weighted by molar-refractivity contribution is 0.403. The van der Waals surface area contributed by atoms with E-state index >= 15 is 0 Å². The van der Waals surface area contributed by atoms with Crippen LogP contribution in [0, 0.1) is 20.8 Å². The van der Waals surface area contributed by atoms with E-state index in [1.807, 2.05) is 13.8 Å². The third-order valence-electron chi connectivity index (χ3n) is 5.22. The second kappa shape index (κ2) is 7.58. The number of rotatable bonds is 4. The summed E-state index contributed by atoms with van der Waals surface area (Å²) in [6.07, 6.45) is 1.91. The first kappa shape index (κ1) is 21.0. The Labute approximate surface area is 166 Å². The van der Waals surface area contributed by atoms with Crippen LogP contribution in [0.1, 0.15) is 23.4 Å². The number of imidazole rings is 1. The standard InChI is InChI=1S/C18H26N4O4S2/c1-14-6-7-17(12-15(14)2)27(23,24)21-8-5-9-22(11-10-21)28(25,26)18-13-20(4)16(3)19-18/h6-7,12-13H,5,8-11H2,1-4H3. The minimum atomic E-state index is -3.75. The van der Waals surface area contributed by atoms with Crippen molar-refractivity contribution in [1.82, 2.24) is 18.2 Å². The zero-order valence-electron chi connectivity index (χ0n) is 16.6. The topological polar surface area (TPSA) is 92.6 Å². The summed E-state index contributed by atoms with van der Waals surface area (Å²) in [6.45, 7) is 6.29. The summed E-state index contributed by atoms with van der Waals surface area (Å²) in [5.41, 5.74) is 1.93. The lowest BCUT2D eigenvalue weighted by Gasteiger charge is -2.21. The molecule has 1 aromatic carbocycles. The maximum absolute atomic E-state index is 13.0. The van der Waals surface area contributed by atoms with Crippen LogP contribution in [0.5, 0.6) is 0 Å². The lowest BCUT2D eigenvalue weighted by Crippen LogP contribution is -2.37. The van der Waals surface area contributed by atoms with Crippen molar-refractivity contribution in [2.24, 2.45) is 7.05 Å². The third-order valence-corrected chi connectivity index (χ3v) is 8.89. The molecular formula is C18H26N4O4S2. The van der Waals surface area contributed by atoms with E-state index < -0.39 is 20.0 Å². The number of sulfonamides is 2. The Morgan fingerprint density at radius 3 is 2.00 bits per heavy atom. The Morgan fingerprint density at radius 1 is 0.857 bits per heavy atom. The van der Waals surface area contributed by atoms with Gasteiger partial charge in [0.2, 0.25) is 10.0 Å². The molecule has 1 aliphatic heterocycles. The number of nitrogens with zero attached hydrogens (tertiary/aromatic N) is 4. The average Bonchev–Trinajstić information content (AvgIpc) is 2.85. The van der Waals surface area contributed by atoms with E-state index in [0.29, 0.717) is 12.2 Å². The SMILES string of the molecule is Cc1ccc(S(=O)(=O)N2CCCN(S(=O)(=O)c3cn(C)c(C)n3)CC2)cc1C. The Balaban J connectivity index is 1.82. The van der Waals surface area contributed by atoms with E-state index in [2.05, 4.69) is 4.98 Å². The highest BCUT2D eigenvalue weighted by atomic mass is 32.2. The van der Waals surface area contributed by atoms with Crippen molar-refractivity contribution in [2.75, 3.05) is 26.2 Å². The fraction of sp³-hybridized carbons (Fsp3) is 0.500. The molecule has 10 heteroatoms. The molecule has 28 heavy (non-hydrogen) atoms. The van der Waals surface area contributed by atoms with Gasteiger partial charge in [0.1, 0.15) is 5.82 Å². The van der Waals surface area contributed by atoms with Gasteiger partial charge in [-0.3, -0.25) is 0 Å². The number of hydrogen-bond acceptors (Lipinski definition) is 5. The molecule has 0 amide bonds. The molecule has 3 rings (SSSR count). The molecule has 1 aromatic heterocycles. The highest BCUT2D eigenvalue weighted by Gasteiger charge is 2.33. The monoisotopic (exact) mass is 426 g/mol. The molecule has 0 aliphatic carbocycles. The number of aryl methyl sites for hydroxylation is 4. The predicted molar refractivity (Wildman–Crippen MR) is 106 cm³/mol. The van der Waals surface area contributed by atoms with Crippen molar-refractivity contribution in [1.29, 1.82) is 0 Å². The third kappa shape index (κ3) is 3.86. The number of hydrogen-bond donors (Lipinski definition) is 0. The Morgan fingerprint density at radius 2 is 1.46 bits per heavy atom. The van der Waals surface area contributed by atoms with Crippen LogP contribution in [0.2, 0.25) is 0 Å². The van der Waals surface area contributed by atoms with E-state index in [1.165, 1.54) is 14.8 Å². The summed E-state index contributed by atoms with van der Waals surface area (Å²) >= 11 is 0. The number of aromatic nitrogens is 2. The second-order valence-electron chi connectivity index (χ2n) is 7.15. The summed E-state index contributed by atoms with van der Waals surface area (Å²) < 4.78 is 56.2. The van der Waals surface area contributed by atoms with Crippen molar-refractivity contribution >= 4 is 20.0 Å². The molecule has 0 atom stereocenters. The van der Waals surface area contributed by atoms with Gasteiger partial charge < -0.3 is 4.57 Å².